The van der Waals surface area contributed by atoms with Gasteiger partial charge in [-0.3, -0.25) is 10.1 Å². The van der Waals surface area contributed by atoms with E-state index in [1.54, 1.807) is 0 Å². The lowest BCUT2D eigenvalue weighted by atomic mass is 9.96. The molecule has 3 aromatic rings. The molecule has 1 N–H and O–H groups in total. The minimum atomic E-state index is -0.115. The largest absolute Gasteiger partial charge is 0.305 e. The van der Waals surface area contributed by atoms with Crippen LogP contribution in [0.25, 0.3) is 11.4 Å². The summed E-state index contributed by atoms with van der Waals surface area (Å²) in [5.74, 6) is 1.03. The first-order chi connectivity index (χ1) is 13.2. The smallest absolute Gasteiger partial charge is 0.236 e. The first-order valence-corrected chi connectivity index (χ1v) is 11.6. The number of amides is 1. The second kappa shape index (κ2) is 8.07. The third-order valence-electron chi connectivity index (χ3n) is 4.49. The molecule has 0 radical (unpaired) electrons. The average Bonchev–Trinajstić information content (AvgIpc) is 3.38. The molecule has 3 aromatic heterocycles. The summed E-state index contributed by atoms with van der Waals surface area (Å²) in [5, 5.41) is 23.8. The first-order valence-electron chi connectivity index (χ1n) is 8.89. The van der Waals surface area contributed by atoms with Gasteiger partial charge in [0.05, 0.1) is 5.75 Å². The van der Waals surface area contributed by atoms with Crippen molar-refractivity contribution in [2.45, 2.75) is 44.2 Å². The van der Waals surface area contributed by atoms with Crippen molar-refractivity contribution in [2.75, 3.05) is 11.1 Å². The minimum absolute atomic E-state index is 0.115. The van der Waals surface area contributed by atoms with Crippen molar-refractivity contribution in [1.82, 2.24) is 25.0 Å². The molecule has 1 amide bonds. The van der Waals surface area contributed by atoms with Gasteiger partial charge in [-0.25, -0.2) is 0 Å². The van der Waals surface area contributed by atoms with Crippen molar-refractivity contribution in [3.05, 3.63) is 20.8 Å². The number of carbonyl (C=O) groups is 1. The normalized spacial score (nSPS) is 13.6. The Morgan fingerprint density at radius 3 is 2.93 bits per heavy atom. The second-order valence-corrected chi connectivity index (χ2v) is 9.28. The quantitative estimate of drug-likeness (QED) is 0.614. The maximum absolute atomic E-state index is 12.2. The van der Waals surface area contributed by atoms with E-state index >= 15 is 0 Å². The van der Waals surface area contributed by atoms with Gasteiger partial charge in [0.2, 0.25) is 11.0 Å². The number of rotatable bonds is 6. The SMILES string of the molecule is CCc1nnc(NC(=O)CSc2nnc(-c3csc4c3CCCC4)n2C)s1. The van der Waals surface area contributed by atoms with Crippen LogP contribution in [0.4, 0.5) is 5.13 Å². The standard InChI is InChI=1S/C17H20N6OS3/c1-3-14-19-21-16(27-14)18-13(24)9-26-17-22-20-15(23(17)2)11-8-25-12-7-5-4-6-10(11)12/h8H,3-7,9H2,1-2H3,(H,18,21,24). The van der Waals surface area contributed by atoms with Gasteiger partial charge in [0, 0.05) is 22.9 Å². The average molecular weight is 421 g/mol. The molecule has 0 saturated heterocycles. The molecule has 0 atom stereocenters. The molecule has 10 heteroatoms. The fraction of sp³-hybridized carbons (Fsp3) is 0.471. The lowest BCUT2D eigenvalue weighted by molar-refractivity contribution is -0.113. The highest BCUT2D eigenvalue weighted by atomic mass is 32.2. The van der Waals surface area contributed by atoms with E-state index in [1.807, 2.05) is 29.9 Å². The summed E-state index contributed by atoms with van der Waals surface area (Å²) in [6.45, 7) is 2.01. The highest BCUT2D eigenvalue weighted by Crippen LogP contribution is 2.36. The van der Waals surface area contributed by atoms with Crippen LogP contribution in [0.3, 0.4) is 0 Å². The lowest BCUT2D eigenvalue weighted by Crippen LogP contribution is -2.14. The van der Waals surface area contributed by atoms with Crippen LogP contribution in [0.2, 0.25) is 0 Å². The zero-order valence-corrected chi connectivity index (χ0v) is 17.6. The predicted octanol–water partition coefficient (Wildman–Crippen LogP) is 3.57. The summed E-state index contributed by atoms with van der Waals surface area (Å²) in [6, 6.07) is 0. The number of thioether (sulfide) groups is 1. The first kappa shape index (κ1) is 18.6. The molecule has 1 aliphatic carbocycles. The van der Waals surface area contributed by atoms with E-state index in [1.165, 1.54) is 58.4 Å². The molecule has 0 unspecified atom stereocenters. The third kappa shape index (κ3) is 3.92. The second-order valence-electron chi connectivity index (χ2n) is 6.31. The zero-order valence-electron chi connectivity index (χ0n) is 15.2. The van der Waals surface area contributed by atoms with Gasteiger partial charge in [-0.05, 0) is 37.7 Å². The van der Waals surface area contributed by atoms with Crippen LogP contribution in [-0.4, -0.2) is 36.6 Å². The van der Waals surface area contributed by atoms with Crippen LogP contribution in [0.1, 0.15) is 35.2 Å². The van der Waals surface area contributed by atoms with Crippen LogP contribution in [-0.2, 0) is 31.1 Å². The fourth-order valence-corrected chi connectivity index (χ4v) is 5.62. The van der Waals surface area contributed by atoms with Crippen LogP contribution in [0.5, 0.6) is 0 Å². The van der Waals surface area contributed by atoms with Crippen molar-refractivity contribution < 1.29 is 4.79 Å². The van der Waals surface area contributed by atoms with Crippen LogP contribution in [0.15, 0.2) is 10.5 Å². The molecule has 0 spiro atoms. The number of anilines is 1. The Kier molecular flexibility index (Phi) is 5.55. The highest BCUT2D eigenvalue weighted by Gasteiger charge is 2.21. The van der Waals surface area contributed by atoms with E-state index in [0.717, 1.165) is 28.8 Å². The molecule has 0 fully saturated rings. The molecule has 3 heterocycles. The zero-order chi connectivity index (χ0) is 18.8. The van der Waals surface area contributed by atoms with Gasteiger partial charge >= 0.3 is 0 Å². The summed E-state index contributed by atoms with van der Waals surface area (Å²) in [4.78, 5) is 13.7. The van der Waals surface area contributed by atoms with E-state index < -0.39 is 0 Å². The van der Waals surface area contributed by atoms with Gasteiger partial charge in [0.1, 0.15) is 5.01 Å². The summed E-state index contributed by atoms with van der Waals surface area (Å²) < 4.78 is 1.98. The van der Waals surface area contributed by atoms with Crippen molar-refractivity contribution >= 4 is 45.5 Å². The van der Waals surface area contributed by atoms with Gasteiger partial charge < -0.3 is 4.57 Å². The Morgan fingerprint density at radius 1 is 1.26 bits per heavy atom. The number of thiophene rings is 1. The van der Waals surface area contributed by atoms with E-state index in [0.29, 0.717) is 5.13 Å². The Bertz CT molecular complexity index is 960. The molecule has 7 nitrogen and oxygen atoms in total. The van der Waals surface area contributed by atoms with Crippen LogP contribution < -0.4 is 5.32 Å². The van der Waals surface area contributed by atoms with Crippen molar-refractivity contribution in [3.63, 3.8) is 0 Å². The monoisotopic (exact) mass is 420 g/mol. The fourth-order valence-electron chi connectivity index (χ4n) is 3.09. The molecular weight excluding hydrogens is 400 g/mol. The van der Waals surface area contributed by atoms with Gasteiger partial charge in [0.25, 0.3) is 0 Å². The van der Waals surface area contributed by atoms with Gasteiger partial charge in [-0.1, -0.05) is 30.0 Å². The van der Waals surface area contributed by atoms with Crippen molar-refractivity contribution in [1.29, 1.82) is 0 Å². The maximum Gasteiger partial charge on any atom is 0.236 e. The number of hydrogen-bond donors (Lipinski definition) is 1. The number of nitrogens with one attached hydrogen (secondary N) is 1. The summed E-state index contributed by atoms with van der Waals surface area (Å²) in [6.07, 6.45) is 5.62. The number of aryl methyl sites for hydroxylation is 2. The van der Waals surface area contributed by atoms with Gasteiger partial charge in [0.15, 0.2) is 11.0 Å². The molecule has 0 aromatic carbocycles. The molecular formula is C17H20N6OS3. The Hall–Kier alpha value is -1.78. The molecule has 0 aliphatic heterocycles. The minimum Gasteiger partial charge on any atom is -0.305 e. The third-order valence-corrected chi connectivity index (χ3v) is 7.58. The number of hydrogen-bond acceptors (Lipinski definition) is 8. The molecule has 27 heavy (non-hydrogen) atoms. The van der Waals surface area contributed by atoms with Gasteiger partial charge in [-0.2, -0.15) is 0 Å². The molecule has 0 saturated carbocycles. The van der Waals surface area contributed by atoms with E-state index in [2.05, 4.69) is 31.1 Å². The summed E-state index contributed by atoms with van der Waals surface area (Å²) in [7, 11) is 1.96. The number of nitrogens with zero attached hydrogens (tertiary/aromatic N) is 5. The number of carbonyl (C=O) groups excluding carboxylic acids is 1. The Labute approximate surface area is 169 Å². The maximum atomic E-state index is 12.2. The molecule has 4 rings (SSSR count). The highest BCUT2D eigenvalue weighted by molar-refractivity contribution is 7.99. The van der Waals surface area contributed by atoms with E-state index in [4.69, 9.17) is 0 Å². The van der Waals surface area contributed by atoms with Crippen molar-refractivity contribution in [3.8, 4) is 11.4 Å². The number of aromatic nitrogens is 5. The summed E-state index contributed by atoms with van der Waals surface area (Å²) >= 11 is 4.61. The predicted molar refractivity (Wildman–Crippen MR) is 110 cm³/mol. The Morgan fingerprint density at radius 2 is 2.11 bits per heavy atom. The van der Waals surface area contributed by atoms with Crippen LogP contribution in [0, 0.1) is 0 Å². The van der Waals surface area contributed by atoms with E-state index in [-0.39, 0.29) is 11.7 Å². The lowest BCUT2D eigenvalue weighted by Gasteiger charge is -2.12. The molecule has 1 aliphatic rings. The summed E-state index contributed by atoms with van der Waals surface area (Å²) in [5.41, 5.74) is 2.63. The number of fused-ring (bicyclic) bond motifs is 1. The topological polar surface area (TPSA) is 85.6 Å². The molecule has 0 bridgehead atoms. The van der Waals surface area contributed by atoms with Crippen molar-refractivity contribution in [2.24, 2.45) is 7.05 Å². The molecule has 142 valence electrons. The Balaban J connectivity index is 1.42. The van der Waals surface area contributed by atoms with Gasteiger partial charge in [-0.15, -0.1) is 31.7 Å². The van der Waals surface area contributed by atoms with Crippen LogP contribution >= 0.6 is 34.4 Å². The van der Waals surface area contributed by atoms with E-state index in [9.17, 15) is 4.79 Å².